The molecule has 1 aliphatic carbocycles. The van der Waals surface area contributed by atoms with Crippen molar-refractivity contribution in [1.29, 1.82) is 0 Å². The van der Waals surface area contributed by atoms with Gasteiger partial charge in [0.1, 0.15) is 0 Å². The Morgan fingerprint density at radius 2 is 2.27 bits per heavy atom. The van der Waals surface area contributed by atoms with Crippen molar-refractivity contribution in [2.45, 2.75) is 51.9 Å². The number of hydrogen-bond donors (Lipinski definition) is 0. The summed E-state index contributed by atoms with van der Waals surface area (Å²) in [5.41, 5.74) is -0.424. The maximum atomic E-state index is 11.7. The maximum Gasteiger partial charge on any atom is 0.320 e. The molecule has 0 aromatic carbocycles. The van der Waals surface area contributed by atoms with Crippen molar-refractivity contribution in [3.05, 3.63) is 0 Å². The summed E-state index contributed by atoms with van der Waals surface area (Å²) in [4.78, 5) is 22.9. The van der Waals surface area contributed by atoms with E-state index in [9.17, 15) is 9.59 Å². The molecule has 0 amide bonds. The molecule has 2 atom stereocenters. The Morgan fingerprint density at radius 3 is 2.87 bits per heavy atom. The number of unbranched alkanes of at least 4 members (excludes halogenated alkanes) is 1. The largest absolute Gasteiger partial charge is 0.393 e. The van der Waals surface area contributed by atoms with Crippen LogP contribution in [0.25, 0.3) is 0 Å². The second kappa shape index (κ2) is 3.95. The van der Waals surface area contributed by atoms with Crippen LogP contribution in [0.1, 0.15) is 51.9 Å². The summed E-state index contributed by atoms with van der Waals surface area (Å²) in [7, 11) is 0. The predicted octanol–water partition coefficient (Wildman–Crippen LogP) is 2.44. The van der Waals surface area contributed by atoms with E-state index in [4.69, 9.17) is 4.74 Å². The van der Waals surface area contributed by atoms with Crippen molar-refractivity contribution in [2.24, 2.45) is 11.3 Å². The Balaban J connectivity index is 2.11. The average molecular weight is 210 g/mol. The van der Waals surface area contributed by atoms with Crippen molar-refractivity contribution in [3.8, 4) is 0 Å². The van der Waals surface area contributed by atoms with Gasteiger partial charge in [-0.15, -0.1) is 0 Å². The van der Waals surface area contributed by atoms with E-state index in [-0.39, 0.29) is 11.9 Å². The third-order valence-electron chi connectivity index (χ3n) is 3.94. The van der Waals surface area contributed by atoms with Gasteiger partial charge in [0.25, 0.3) is 0 Å². The molecule has 2 fully saturated rings. The normalized spacial score (nSPS) is 35.1. The molecule has 1 saturated carbocycles. The highest BCUT2D eigenvalue weighted by Crippen LogP contribution is 2.51. The van der Waals surface area contributed by atoms with Gasteiger partial charge in [0.15, 0.2) is 0 Å². The third-order valence-corrected chi connectivity index (χ3v) is 3.94. The zero-order valence-electron chi connectivity index (χ0n) is 9.25. The summed E-state index contributed by atoms with van der Waals surface area (Å²) in [6, 6.07) is 0. The Hall–Kier alpha value is -0.860. The summed E-state index contributed by atoms with van der Waals surface area (Å²) >= 11 is 0. The molecule has 84 valence electrons. The molecule has 0 N–H and O–H groups in total. The van der Waals surface area contributed by atoms with E-state index < -0.39 is 5.41 Å². The SMILES string of the molecule is CCCCC1CCCC12CC(=O)OC2=O. The maximum absolute atomic E-state index is 11.7. The van der Waals surface area contributed by atoms with E-state index in [0.717, 1.165) is 38.5 Å². The number of carbonyl (C=O) groups is 2. The number of rotatable bonds is 3. The summed E-state index contributed by atoms with van der Waals surface area (Å²) in [5.74, 6) is -0.175. The number of esters is 2. The van der Waals surface area contributed by atoms with Gasteiger partial charge in [-0.3, -0.25) is 9.59 Å². The van der Waals surface area contributed by atoms with Gasteiger partial charge in [0, 0.05) is 0 Å². The summed E-state index contributed by atoms with van der Waals surface area (Å²) < 4.78 is 4.73. The van der Waals surface area contributed by atoms with Gasteiger partial charge in [0.05, 0.1) is 11.8 Å². The molecule has 1 aliphatic heterocycles. The van der Waals surface area contributed by atoms with Crippen LogP contribution in [0.4, 0.5) is 0 Å². The number of hydrogen-bond acceptors (Lipinski definition) is 3. The van der Waals surface area contributed by atoms with E-state index in [1.807, 2.05) is 0 Å². The van der Waals surface area contributed by atoms with Crippen molar-refractivity contribution < 1.29 is 14.3 Å². The first kappa shape index (κ1) is 10.7. The molecular weight excluding hydrogens is 192 g/mol. The van der Waals surface area contributed by atoms with Gasteiger partial charge in [-0.2, -0.15) is 0 Å². The molecule has 3 nitrogen and oxygen atoms in total. The van der Waals surface area contributed by atoms with Crippen LogP contribution in [0.2, 0.25) is 0 Å². The molecule has 0 radical (unpaired) electrons. The van der Waals surface area contributed by atoms with Crippen LogP contribution in [0, 0.1) is 11.3 Å². The summed E-state index contributed by atoms with van der Waals surface area (Å²) in [6.45, 7) is 2.15. The molecule has 0 aromatic rings. The van der Waals surface area contributed by atoms with Gasteiger partial charge < -0.3 is 4.74 Å². The van der Waals surface area contributed by atoms with Crippen LogP contribution in [0.3, 0.4) is 0 Å². The van der Waals surface area contributed by atoms with E-state index in [0.29, 0.717) is 12.3 Å². The number of ether oxygens (including phenoxy) is 1. The first-order valence-electron chi connectivity index (χ1n) is 5.94. The van der Waals surface area contributed by atoms with Crippen LogP contribution in [0.15, 0.2) is 0 Å². The lowest BCUT2D eigenvalue weighted by Gasteiger charge is -2.25. The summed E-state index contributed by atoms with van der Waals surface area (Å²) in [5, 5.41) is 0. The second-order valence-electron chi connectivity index (χ2n) is 4.83. The van der Waals surface area contributed by atoms with Crippen molar-refractivity contribution in [2.75, 3.05) is 0 Å². The fourth-order valence-electron chi connectivity index (χ4n) is 3.09. The molecular formula is C12H18O3. The Bertz CT molecular complexity index is 285. The summed E-state index contributed by atoms with van der Waals surface area (Å²) in [6.07, 6.45) is 6.70. The topological polar surface area (TPSA) is 43.4 Å². The fraction of sp³-hybridized carbons (Fsp3) is 0.833. The standard InChI is InChI=1S/C12H18O3/c1-2-3-5-9-6-4-7-12(9)8-10(13)15-11(12)14/h9H,2-8H2,1H3. The van der Waals surface area contributed by atoms with Crippen molar-refractivity contribution in [3.63, 3.8) is 0 Å². The first-order valence-corrected chi connectivity index (χ1v) is 5.94. The minimum atomic E-state index is -0.424. The molecule has 2 unspecified atom stereocenters. The zero-order chi connectivity index (χ0) is 10.9. The predicted molar refractivity (Wildman–Crippen MR) is 55.0 cm³/mol. The van der Waals surface area contributed by atoms with Crippen LogP contribution in [-0.2, 0) is 14.3 Å². The molecule has 0 bridgehead atoms. The minimum Gasteiger partial charge on any atom is -0.393 e. The van der Waals surface area contributed by atoms with Crippen LogP contribution < -0.4 is 0 Å². The lowest BCUT2D eigenvalue weighted by molar-refractivity contribution is -0.156. The highest BCUT2D eigenvalue weighted by Gasteiger charge is 2.55. The van der Waals surface area contributed by atoms with Crippen molar-refractivity contribution >= 4 is 11.9 Å². The molecule has 1 spiro atoms. The van der Waals surface area contributed by atoms with Crippen LogP contribution in [-0.4, -0.2) is 11.9 Å². The zero-order valence-corrected chi connectivity index (χ0v) is 9.25. The van der Waals surface area contributed by atoms with Gasteiger partial charge in [-0.05, 0) is 25.2 Å². The van der Waals surface area contributed by atoms with Gasteiger partial charge >= 0.3 is 11.9 Å². The van der Waals surface area contributed by atoms with Crippen LogP contribution >= 0.6 is 0 Å². The minimum absolute atomic E-state index is 0.244. The quantitative estimate of drug-likeness (QED) is 0.530. The molecule has 3 heteroatoms. The second-order valence-corrected chi connectivity index (χ2v) is 4.83. The molecule has 2 rings (SSSR count). The highest BCUT2D eigenvalue weighted by atomic mass is 16.6. The Labute approximate surface area is 90.2 Å². The van der Waals surface area contributed by atoms with E-state index in [2.05, 4.69) is 6.92 Å². The Morgan fingerprint density at radius 1 is 1.47 bits per heavy atom. The van der Waals surface area contributed by atoms with Gasteiger partial charge in [-0.25, -0.2) is 0 Å². The molecule has 1 heterocycles. The molecule has 2 aliphatic rings. The van der Waals surface area contributed by atoms with Gasteiger partial charge in [-0.1, -0.05) is 26.2 Å². The third kappa shape index (κ3) is 1.68. The number of cyclic esters (lactones) is 2. The monoisotopic (exact) mass is 210 g/mol. The fourth-order valence-corrected chi connectivity index (χ4v) is 3.09. The van der Waals surface area contributed by atoms with Gasteiger partial charge in [0.2, 0.25) is 0 Å². The molecule has 15 heavy (non-hydrogen) atoms. The molecule has 1 saturated heterocycles. The lowest BCUT2D eigenvalue weighted by atomic mass is 9.74. The first-order chi connectivity index (χ1) is 7.19. The van der Waals surface area contributed by atoms with E-state index >= 15 is 0 Å². The lowest BCUT2D eigenvalue weighted by Crippen LogP contribution is -2.30. The smallest absolute Gasteiger partial charge is 0.320 e. The van der Waals surface area contributed by atoms with Crippen LogP contribution in [0.5, 0.6) is 0 Å². The number of carbonyl (C=O) groups excluding carboxylic acids is 2. The van der Waals surface area contributed by atoms with E-state index in [1.165, 1.54) is 0 Å². The highest BCUT2D eigenvalue weighted by molar-refractivity contribution is 5.97. The van der Waals surface area contributed by atoms with E-state index in [1.54, 1.807) is 0 Å². The average Bonchev–Trinajstić information content (AvgIpc) is 2.70. The Kier molecular flexibility index (Phi) is 2.81. The molecule has 0 aromatic heterocycles. The van der Waals surface area contributed by atoms with Crippen molar-refractivity contribution in [1.82, 2.24) is 0 Å².